The van der Waals surface area contributed by atoms with Gasteiger partial charge in [0.2, 0.25) is 0 Å². The van der Waals surface area contributed by atoms with Crippen molar-refractivity contribution in [2.45, 2.75) is 13.0 Å². The quantitative estimate of drug-likeness (QED) is 0.874. The number of rotatable bonds is 5. The minimum atomic E-state index is -1.07. The molecule has 0 saturated carbocycles. The smallest absolute Gasteiger partial charge is 0.335 e. The maximum absolute atomic E-state index is 13.4. The fourth-order valence-electron chi connectivity index (χ4n) is 1.87. The molecule has 1 aromatic rings. The van der Waals surface area contributed by atoms with E-state index < -0.39 is 11.8 Å². The molecule has 1 fully saturated rings. The molecule has 0 aromatic heterocycles. The van der Waals surface area contributed by atoms with E-state index in [1.165, 1.54) is 12.1 Å². The summed E-state index contributed by atoms with van der Waals surface area (Å²) in [6.45, 7) is 2.02. The number of carbonyl (C=O) groups is 1. The first-order chi connectivity index (χ1) is 8.66. The Bertz CT molecular complexity index is 427. The zero-order chi connectivity index (χ0) is 13.0. The molecule has 1 atom stereocenters. The van der Waals surface area contributed by atoms with Gasteiger partial charge in [0.1, 0.15) is 5.82 Å². The van der Waals surface area contributed by atoms with Crippen molar-refractivity contribution in [2.24, 2.45) is 5.92 Å². The van der Waals surface area contributed by atoms with Crippen molar-refractivity contribution in [1.29, 1.82) is 0 Å². The van der Waals surface area contributed by atoms with Crippen molar-refractivity contribution in [2.75, 3.05) is 19.8 Å². The third-order valence-electron chi connectivity index (χ3n) is 2.93. The summed E-state index contributed by atoms with van der Waals surface area (Å²) in [5.74, 6) is -1.15. The van der Waals surface area contributed by atoms with Gasteiger partial charge in [0.15, 0.2) is 0 Å². The first-order valence-electron chi connectivity index (χ1n) is 5.84. The molecule has 1 aliphatic rings. The molecule has 0 aliphatic carbocycles. The number of hydrogen-bond donors (Lipinski definition) is 1. The van der Waals surface area contributed by atoms with E-state index in [9.17, 15) is 9.18 Å². The molecule has 2 rings (SSSR count). The van der Waals surface area contributed by atoms with Crippen molar-refractivity contribution < 1.29 is 23.8 Å². The summed E-state index contributed by atoms with van der Waals surface area (Å²) in [5.41, 5.74) is 0.341. The van der Waals surface area contributed by atoms with Crippen LogP contribution in [0.15, 0.2) is 18.2 Å². The van der Waals surface area contributed by atoms with Crippen LogP contribution in [0.5, 0.6) is 0 Å². The van der Waals surface area contributed by atoms with E-state index in [4.69, 9.17) is 14.6 Å². The van der Waals surface area contributed by atoms with Crippen LogP contribution in [0, 0.1) is 11.7 Å². The molecule has 0 spiro atoms. The van der Waals surface area contributed by atoms with E-state index >= 15 is 0 Å². The monoisotopic (exact) mass is 254 g/mol. The van der Waals surface area contributed by atoms with Crippen molar-refractivity contribution in [3.63, 3.8) is 0 Å². The molecule has 0 radical (unpaired) electrons. The molecule has 0 amide bonds. The van der Waals surface area contributed by atoms with Crippen molar-refractivity contribution in [3.8, 4) is 0 Å². The molecule has 1 aliphatic heterocycles. The van der Waals surface area contributed by atoms with Gasteiger partial charge in [0.25, 0.3) is 0 Å². The summed E-state index contributed by atoms with van der Waals surface area (Å²) < 4.78 is 24.0. The summed E-state index contributed by atoms with van der Waals surface area (Å²) >= 11 is 0. The van der Waals surface area contributed by atoms with E-state index in [0.717, 1.165) is 19.1 Å². The average Bonchev–Trinajstić information content (AvgIpc) is 2.84. The Labute approximate surface area is 104 Å². The van der Waals surface area contributed by atoms with E-state index in [0.29, 0.717) is 19.1 Å². The highest BCUT2D eigenvalue weighted by atomic mass is 19.1. The average molecular weight is 254 g/mol. The fraction of sp³-hybridized carbons (Fsp3) is 0.462. The van der Waals surface area contributed by atoms with Crippen LogP contribution in [0.25, 0.3) is 0 Å². The predicted molar refractivity (Wildman–Crippen MR) is 61.9 cm³/mol. The predicted octanol–water partition coefficient (Wildman–Crippen LogP) is 2.08. The highest BCUT2D eigenvalue weighted by Gasteiger charge is 2.16. The minimum Gasteiger partial charge on any atom is -0.478 e. The maximum atomic E-state index is 13.4. The summed E-state index contributed by atoms with van der Waals surface area (Å²) in [7, 11) is 0. The molecule has 18 heavy (non-hydrogen) atoms. The van der Waals surface area contributed by atoms with Crippen LogP contribution >= 0.6 is 0 Å². The second-order valence-electron chi connectivity index (χ2n) is 4.36. The van der Waals surface area contributed by atoms with Crippen LogP contribution in [0.1, 0.15) is 22.3 Å². The largest absolute Gasteiger partial charge is 0.478 e. The Kier molecular flexibility index (Phi) is 4.28. The third-order valence-corrected chi connectivity index (χ3v) is 2.93. The topological polar surface area (TPSA) is 55.8 Å². The normalized spacial score (nSPS) is 19.1. The molecular weight excluding hydrogens is 239 g/mol. The molecule has 1 N–H and O–H groups in total. The summed E-state index contributed by atoms with van der Waals surface area (Å²) in [6.07, 6.45) is 0.956. The Morgan fingerprint density at radius 3 is 3.06 bits per heavy atom. The number of aromatic carboxylic acids is 1. The number of carboxylic acids is 1. The van der Waals surface area contributed by atoms with Crippen LogP contribution in [0.2, 0.25) is 0 Å². The number of benzene rings is 1. The fourth-order valence-corrected chi connectivity index (χ4v) is 1.87. The van der Waals surface area contributed by atoms with Crippen LogP contribution < -0.4 is 0 Å². The van der Waals surface area contributed by atoms with Gasteiger partial charge in [-0.1, -0.05) is 0 Å². The molecule has 4 nitrogen and oxygen atoms in total. The molecule has 98 valence electrons. The van der Waals surface area contributed by atoms with Crippen LogP contribution in [0.4, 0.5) is 4.39 Å². The van der Waals surface area contributed by atoms with Gasteiger partial charge in [-0.25, -0.2) is 9.18 Å². The number of halogens is 1. The van der Waals surface area contributed by atoms with Crippen molar-refractivity contribution in [3.05, 3.63) is 35.1 Å². The molecular formula is C13H15FO4. The Morgan fingerprint density at radius 1 is 1.56 bits per heavy atom. The van der Waals surface area contributed by atoms with Crippen molar-refractivity contribution >= 4 is 5.97 Å². The van der Waals surface area contributed by atoms with Gasteiger partial charge in [-0.05, 0) is 24.6 Å². The molecule has 1 aromatic carbocycles. The highest BCUT2D eigenvalue weighted by molar-refractivity contribution is 5.87. The molecule has 5 heteroatoms. The summed E-state index contributed by atoms with van der Waals surface area (Å²) in [5, 5.41) is 8.82. The second kappa shape index (κ2) is 5.93. The number of ether oxygens (including phenoxy) is 2. The lowest BCUT2D eigenvalue weighted by Gasteiger charge is -2.09. The molecule has 0 bridgehead atoms. The first-order valence-corrected chi connectivity index (χ1v) is 5.84. The molecule has 1 saturated heterocycles. The lowest BCUT2D eigenvalue weighted by molar-refractivity contribution is 0.0694. The Hall–Kier alpha value is -1.46. The molecule has 1 unspecified atom stereocenters. The van der Waals surface area contributed by atoms with E-state index in [1.54, 1.807) is 0 Å². The van der Waals surface area contributed by atoms with E-state index in [2.05, 4.69) is 0 Å². The lowest BCUT2D eigenvalue weighted by atomic mass is 10.1. The van der Waals surface area contributed by atoms with Gasteiger partial charge in [-0.2, -0.15) is 0 Å². The van der Waals surface area contributed by atoms with Crippen LogP contribution in [-0.4, -0.2) is 30.9 Å². The Balaban J connectivity index is 1.91. The van der Waals surface area contributed by atoms with Gasteiger partial charge in [0, 0.05) is 18.1 Å². The van der Waals surface area contributed by atoms with Gasteiger partial charge < -0.3 is 14.6 Å². The van der Waals surface area contributed by atoms with E-state index in [-0.39, 0.29) is 17.7 Å². The SMILES string of the molecule is O=C(O)c1ccc(F)c(COCC2CCOC2)c1. The molecule has 1 heterocycles. The van der Waals surface area contributed by atoms with Gasteiger partial charge in [-0.15, -0.1) is 0 Å². The zero-order valence-electron chi connectivity index (χ0n) is 9.89. The zero-order valence-corrected chi connectivity index (χ0v) is 9.89. The second-order valence-corrected chi connectivity index (χ2v) is 4.36. The van der Waals surface area contributed by atoms with Crippen LogP contribution in [-0.2, 0) is 16.1 Å². The van der Waals surface area contributed by atoms with Crippen molar-refractivity contribution in [1.82, 2.24) is 0 Å². The van der Waals surface area contributed by atoms with Crippen LogP contribution in [0.3, 0.4) is 0 Å². The summed E-state index contributed by atoms with van der Waals surface area (Å²) in [6, 6.07) is 3.70. The Morgan fingerprint density at radius 2 is 2.39 bits per heavy atom. The standard InChI is InChI=1S/C13H15FO4/c14-12-2-1-10(13(15)16)5-11(12)8-18-7-9-3-4-17-6-9/h1-2,5,9H,3-4,6-8H2,(H,15,16). The van der Waals surface area contributed by atoms with Gasteiger partial charge in [0.05, 0.1) is 25.4 Å². The number of carboxylic acid groups (broad SMARTS) is 1. The maximum Gasteiger partial charge on any atom is 0.335 e. The number of hydrogen-bond acceptors (Lipinski definition) is 3. The highest BCUT2D eigenvalue weighted by Crippen LogP contribution is 2.15. The summed E-state index contributed by atoms with van der Waals surface area (Å²) in [4.78, 5) is 10.8. The third kappa shape index (κ3) is 3.27. The first kappa shape index (κ1) is 13.0. The van der Waals surface area contributed by atoms with Gasteiger partial charge in [-0.3, -0.25) is 0 Å². The van der Waals surface area contributed by atoms with E-state index in [1.807, 2.05) is 0 Å². The minimum absolute atomic E-state index is 0.0687. The lowest BCUT2D eigenvalue weighted by Crippen LogP contribution is -2.10. The van der Waals surface area contributed by atoms with Gasteiger partial charge >= 0.3 is 5.97 Å².